The summed E-state index contributed by atoms with van der Waals surface area (Å²) in [4.78, 5) is 13.1. The van der Waals surface area contributed by atoms with Crippen molar-refractivity contribution in [2.45, 2.75) is 32.2 Å². The highest BCUT2D eigenvalue weighted by Gasteiger charge is 2.35. The molecule has 0 bridgehead atoms. The van der Waals surface area contributed by atoms with Crippen LogP contribution in [0.25, 0.3) is 0 Å². The number of nitriles is 1. The predicted molar refractivity (Wildman–Crippen MR) is 57.6 cm³/mol. The van der Waals surface area contributed by atoms with Gasteiger partial charge < -0.3 is 14.7 Å². The molecule has 0 spiro atoms. The molecular weight excluding hydrogens is 208 g/mol. The Morgan fingerprint density at radius 3 is 3.00 bits per heavy atom. The highest BCUT2D eigenvalue weighted by molar-refractivity contribution is 5.68. The molecular formula is C11H18N2O3. The van der Waals surface area contributed by atoms with E-state index in [0.29, 0.717) is 19.6 Å². The first-order valence-electron chi connectivity index (χ1n) is 5.66. The first-order valence-corrected chi connectivity index (χ1v) is 5.66. The van der Waals surface area contributed by atoms with Crippen molar-refractivity contribution in [2.75, 3.05) is 19.8 Å². The SMILES string of the molecule is CCCCOC(=O)N1CC(C#N)CC1CO. The molecule has 5 heteroatoms. The van der Waals surface area contributed by atoms with Crippen molar-refractivity contribution >= 4 is 6.09 Å². The van der Waals surface area contributed by atoms with Crippen LogP contribution in [0.15, 0.2) is 0 Å². The summed E-state index contributed by atoms with van der Waals surface area (Å²) in [7, 11) is 0. The molecule has 1 heterocycles. The van der Waals surface area contributed by atoms with Gasteiger partial charge in [-0.25, -0.2) is 4.79 Å². The van der Waals surface area contributed by atoms with Gasteiger partial charge in [0.25, 0.3) is 0 Å². The van der Waals surface area contributed by atoms with Crippen molar-refractivity contribution in [3.63, 3.8) is 0 Å². The van der Waals surface area contributed by atoms with Crippen molar-refractivity contribution < 1.29 is 14.6 Å². The van der Waals surface area contributed by atoms with E-state index in [1.165, 1.54) is 4.90 Å². The number of aliphatic hydroxyl groups excluding tert-OH is 1. The van der Waals surface area contributed by atoms with E-state index in [9.17, 15) is 4.79 Å². The minimum Gasteiger partial charge on any atom is -0.449 e. The molecule has 90 valence electrons. The van der Waals surface area contributed by atoms with Gasteiger partial charge in [-0.3, -0.25) is 0 Å². The second kappa shape index (κ2) is 6.33. The summed E-state index contributed by atoms with van der Waals surface area (Å²) in [5.41, 5.74) is 0. The van der Waals surface area contributed by atoms with Gasteiger partial charge in [0, 0.05) is 6.54 Å². The Labute approximate surface area is 95.6 Å². The Morgan fingerprint density at radius 1 is 1.69 bits per heavy atom. The van der Waals surface area contributed by atoms with Crippen LogP contribution in [0.1, 0.15) is 26.2 Å². The highest BCUT2D eigenvalue weighted by Crippen LogP contribution is 2.23. The Bertz CT molecular complexity index is 275. The number of carbonyl (C=O) groups excluding carboxylic acids is 1. The monoisotopic (exact) mass is 226 g/mol. The molecule has 1 fully saturated rings. The third-order valence-electron chi connectivity index (χ3n) is 2.77. The van der Waals surface area contributed by atoms with Crippen molar-refractivity contribution in [3.8, 4) is 6.07 Å². The van der Waals surface area contributed by atoms with Crippen LogP contribution in [-0.4, -0.2) is 41.9 Å². The first kappa shape index (κ1) is 12.8. The summed E-state index contributed by atoms with van der Waals surface area (Å²) < 4.78 is 5.06. The fourth-order valence-corrected chi connectivity index (χ4v) is 1.79. The van der Waals surface area contributed by atoms with E-state index in [-0.39, 0.29) is 18.6 Å². The maximum absolute atomic E-state index is 11.6. The highest BCUT2D eigenvalue weighted by atomic mass is 16.6. The molecule has 0 saturated carbocycles. The lowest BCUT2D eigenvalue weighted by molar-refractivity contribution is 0.0835. The maximum Gasteiger partial charge on any atom is 0.410 e. The number of carbonyl (C=O) groups is 1. The molecule has 2 atom stereocenters. The van der Waals surface area contributed by atoms with Gasteiger partial charge in [0.1, 0.15) is 0 Å². The summed E-state index contributed by atoms with van der Waals surface area (Å²) in [6, 6.07) is 1.85. The third-order valence-corrected chi connectivity index (χ3v) is 2.77. The molecule has 0 aliphatic carbocycles. The van der Waals surface area contributed by atoms with Gasteiger partial charge >= 0.3 is 6.09 Å². The Balaban J connectivity index is 2.45. The fraction of sp³-hybridized carbons (Fsp3) is 0.818. The van der Waals surface area contributed by atoms with Crippen molar-refractivity contribution in [1.29, 1.82) is 5.26 Å². The van der Waals surface area contributed by atoms with Gasteiger partial charge in [-0.05, 0) is 12.8 Å². The number of unbranched alkanes of at least 4 members (excludes halogenated alkanes) is 1. The van der Waals surface area contributed by atoms with Crippen LogP contribution in [0.5, 0.6) is 0 Å². The number of amides is 1. The average molecular weight is 226 g/mol. The molecule has 0 aromatic rings. The molecule has 5 nitrogen and oxygen atoms in total. The largest absolute Gasteiger partial charge is 0.449 e. The quantitative estimate of drug-likeness (QED) is 0.729. The number of aliphatic hydroxyl groups is 1. The van der Waals surface area contributed by atoms with Crippen LogP contribution >= 0.6 is 0 Å². The molecule has 2 unspecified atom stereocenters. The Kier molecular flexibility index (Phi) is 5.06. The topological polar surface area (TPSA) is 73.6 Å². The second-order valence-electron chi connectivity index (χ2n) is 4.02. The molecule has 1 amide bonds. The molecule has 1 rings (SSSR count). The van der Waals surface area contributed by atoms with Crippen LogP contribution in [0.3, 0.4) is 0 Å². The van der Waals surface area contributed by atoms with Gasteiger partial charge in [0.05, 0.1) is 31.2 Å². The van der Waals surface area contributed by atoms with Gasteiger partial charge in [0.15, 0.2) is 0 Å². The van der Waals surface area contributed by atoms with E-state index >= 15 is 0 Å². The molecule has 1 saturated heterocycles. The summed E-state index contributed by atoms with van der Waals surface area (Å²) in [5, 5.41) is 17.9. The van der Waals surface area contributed by atoms with Crippen molar-refractivity contribution in [3.05, 3.63) is 0 Å². The smallest absolute Gasteiger partial charge is 0.410 e. The Hall–Kier alpha value is -1.28. The van der Waals surface area contributed by atoms with Crippen molar-refractivity contribution in [1.82, 2.24) is 4.90 Å². The molecule has 0 aromatic heterocycles. The number of hydrogen-bond acceptors (Lipinski definition) is 4. The number of ether oxygens (including phenoxy) is 1. The van der Waals surface area contributed by atoms with Gasteiger partial charge in [-0.15, -0.1) is 0 Å². The summed E-state index contributed by atoms with van der Waals surface area (Å²) in [6.07, 6.45) is 1.93. The summed E-state index contributed by atoms with van der Waals surface area (Å²) in [6.45, 7) is 2.68. The zero-order chi connectivity index (χ0) is 12.0. The van der Waals surface area contributed by atoms with Crippen molar-refractivity contribution in [2.24, 2.45) is 5.92 Å². The third kappa shape index (κ3) is 3.11. The summed E-state index contributed by atoms with van der Waals surface area (Å²) >= 11 is 0. The van der Waals surface area contributed by atoms with E-state index in [0.717, 1.165) is 12.8 Å². The first-order chi connectivity index (χ1) is 7.72. The lowest BCUT2D eigenvalue weighted by atomic mass is 10.1. The van der Waals surface area contributed by atoms with Crippen LogP contribution in [0.2, 0.25) is 0 Å². The molecule has 1 aliphatic heterocycles. The summed E-state index contributed by atoms with van der Waals surface area (Å²) in [5.74, 6) is -0.184. The fourth-order valence-electron chi connectivity index (χ4n) is 1.79. The second-order valence-corrected chi connectivity index (χ2v) is 4.02. The molecule has 0 aromatic carbocycles. The number of rotatable bonds is 4. The zero-order valence-electron chi connectivity index (χ0n) is 9.56. The minimum atomic E-state index is -0.412. The lowest BCUT2D eigenvalue weighted by Crippen LogP contribution is -2.38. The van der Waals surface area contributed by atoms with Gasteiger partial charge in [0.2, 0.25) is 0 Å². The predicted octanol–water partition coefficient (Wildman–Crippen LogP) is 1.13. The van der Waals surface area contributed by atoms with Gasteiger partial charge in [-0.1, -0.05) is 13.3 Å². The lowest BCUT2D eigenvalue weighted by Gasteiger charge is -2.21. The van der Waals surface area contributed by atoms with Crippen LogP contribution in [0.4, 0.5) is 4.79 Å². The number of likely N-dealkylation sites (tertiary alicyclic amines) is 1. The molecule has 0 radical (unpaired) electrons. The van der Waals surface area contributed by atoms with E-state index in [4.69, 9.17) is 15.1 Å². The van der Waals surface area contributed by atoms with Crippen LogP contribution in [0, 0.1) is 17.2 Å². The van der Waals surface area contributed by atoms with Crippen LogP contribution in [-0.2, 0) is 4.74 Å². The minimum absolute atomic E-state index is 0.110. The van der Waals surface area contributed by atoms with E-state index in [2.05, 4.69) is 6.07 Å². The van der Waals surface area contributed by atoms with E-state index < -0.39 is 6.09 Å². The number of nitrogens with zero attached hydrogens (tertiary/aromatic N) is 2. The van der Waals surface area contributed by atoms with E-state index in [1.54, 1.807) is 0 Å². The normalized spacial score (nSPS) is 24.2. The van der Waals surface area contributed by atoms with E-state index in [1.807, 2.05) is 6.92 Å². The molecule has 1 aliphatic rings. The van der Waals surface area contributed by atoms with Crippen LogP contribution < -0.4 is 0 Å². The molecule has 1 N–H and O–H groups in total. The standard InChI is InChI=1S/C11H18N2O3/c1-2-3-4-16-11(15)13-7-9(6-12)5-10(13)8-14/h9-10,14H,2-5,7-8H2,1H3. The molecule has 16 heavy (non-hydrogen) atoms. The maximum atomic E-state index is 11.6. The Morgan fingerprint density at radius 2 is 2.44 bits per heavy atom. The van der Waals surface area contributed by atoms with Gasteiger partial charge in [-0.2, -0.15) is 5.26 Å². The zero-order valence-corrected chi connectivity index (χ0v) is 9.56. The number of hydrogen-bond donors (Lipinski definition) is 1. The average Bonchev–Trinajstić information content (AvgIpc) is 2.72.